The minimum atomic E-state index is -0.661. The molecule has 1 heteroatoms. The van der Waals surface area contributed by atoms with E-state index < -0.39 is 4.87 Å². The van der Waals surface area contributed by atoms with Gasteiger partial charge in [0.1, 0.15) is 4.87 Å². The Morgan fingerprint density at radius 2 is 1.12 bits per heavy atom. The summed E-state index contributed by atoms with van der Waals surface area (Å²) in [7, 11) is 0. The molecule has 0 aliphatic carbocycles. The first kappa shape index (κ1) is 16.8. The molecule has 0 amide bonds. The molecule has 0 spiro atoms. The highest BCUT2D eigenvalue weighted by Gasteiger charge is 2.33. The Morgan fingerprint density at radius 1 is 0.667 bits per heavy atom. The average Bonchev–Trinajstić information content (AvgIpc) is 2.67. The lowest BCUT2D eigenvalue weighted by Crippen LogP contribution is -2.22. The van der Waals surface area contributed by atoms with Crippen molar-refractivity contribution in [3.05, 3.63) is 107 Å². The molecule has 0 unspecified atom stereocenters. The molecular weight excluding hydrogens is 312 g/mol. The second-order valence-electron chi connectivity index (χ2n) is 6.19. The van der Waals surface area contributed by atoms with Crippen LogP contribution in [0.3, 0.4) is 0 Å². The third kappa shape index (κ3) is 3.39. The molecule has 0 aromatic heterocycles. The quantitative estimate of drug-likeness (QED) is 0.353. The van der Waals surface area contributed by atoms with Gasteiger partial charge in [-0.1, -0.05) is 98.3 Å². The lowest BCUT2D eigenvalue weighted by atomic mass is 9.84. The van der Waals surface area contributed by atoms with E-state index in [1.54, 1.807) is 0 Å². The van der Waals surface area contributed by atoms with Gasteiger partial charge in [-0.2, -0.15) is 0 Å². The monoisotopic (exact) mass is 334 g/mol. The van der Waals surface area contributed by atoms with Gasteiger partial charge in [0, 0.05) is 0 Å². The molecule has 3 aromatic rings. The topological polar surface area (TPSA) is 0 Å². The van der Waals surface area contributed by atoms with Crippen molar-refractivity contribution < 1.29 is 0 Å². The molecule has 122 valence electrons. The van der Waals surface area contributed by atoms with E-state index in [4.69, 9.17) is 11.6 Å². The predicted molar refractivity (Wildman–Crippen MR) is 104 cm³/mol. The number of hydrogen-bond acceptors (Lipinski definition) is 0. The SMILES string of the molecule is CCCCc1ccc(C(Cl)(c2ccccc2)c2ccccc2)cc1. The van der Waals surface area contributed by atoms with Gasteiger partial charge in [-0.3, -0.25) is 0 Å². The standard InChI is InChI=1S/C23H23Cl/c1-2-3-10-19-15-17-22(18-16-19)23(24,20-11-6-4-7-12-20)21-13-8-5-9-14-21/h4-9,11-18H,2-3,10H2,1H3. The van der Waals surface area contributed by atoms with Gasteiger partial charge in [0.05, 0.1) is 0 Å². The summed E-state index contributed by atoms with van der Waals surface area (Å²) in [5.41, 5.74) is 4.68. The molecule has 0 N–H and O–H groups in total. The van der Waals surface area contributed by atoms with Crippen molar-refractivity contribution in [1.82, 2.24) is 0 Å². The van der Waals surface area contributed by atoms with Gasteiger partial charge in [0.2, 0.25) is 0 Å². The van der Waals surface area contributed by atoms with Crippen LogP contribution in [-0.2, 0) is 11.3 Å². The van der Waals surface area contributed by atoms with Crippen molar-refractivity contribution in [2.75, 3.05) is 0 Å². The van der Waals surface area contributed by atoms with E-state index in [1.165, 1.54) is 18.4 Å². The van der Waals surface area contributed by atoms with Crippen molar-refractivity contribution in [1.29, 1.82) is 0 Å². The molecule has 0 atom stereocenters. The van der Waals surface area contributed by atoms with Crippen LogP contribution in [0.1, 0.15) is 42.0 Å². The average molecular weight is 335 g/mol. The Labute approximate surface area is 150 Å². The molecule has 0 aliphatic rings. The summed E-state index contributed by atoms with van der Waals surface area (Å²) < 4.78 is 0. The van der Waals surface area contributed by atoms with E-state index in [9.17, 15) is 0 Å². The molecule has 0 fully saturated rings. The number of hydrogen-bond donors (Lipinski definition) is 0. The van der Waals surface area contributed by atoms with Crippen LogP contribution in [-0.4, -0.2) is 0 Å². The molecule has 0 nitrogen and oxygen atoms in total. The minimum absolute atomic E-state index is 0.661. The molecule has 3 aromatic carbocycles. The largest absolute Gasteiger partial charge is 0.119 e. The summed E-state index contributed by atoms with van der Waals surface area (Å²) >= 11 is 7.27. The van der Waals surface area contributed by atoms with Crippen LogP contribution in [0.2, 0.25) is 0 Å². The van der Waals surface area contributed by atoms with Gasteiger partial charge in [-0.05, 0) is 35.1 Å². The molecule has 0 saturated carbocycles. The Hall–Kier alpha value is -2.05. The van der Waals surface area contributed by atoms with Crippen molar-refractivity contribution in [3.63, 3.8) is 0 Å². The first-order valence-corrected chi connectivity index (χ1v) is 9.02. The first-order valence-electron chi connectivity index (χ1n) is 8.64. The summed E-state index contributed by atoms with van der Waals surface area (Å²) in [6.07, 6.45) is 3.57. The highest BCUT2D eigenvalue weighted by Crippen LogP contribution is 2.42. The van der Waals surface area contributed by atoms with E-state index in [-0.39, 0.29) is 0 Å². The summed E-state index contributed by atoms with van der Waals surface area (Å²) in [6.45, 7) is 2.23. The summed E-state index contributed by atoms with van der Waals surface area (Å²) in [5.74, 6) is 0. The number of alkyl halides is 1. The molecule has 0 aliphatic heterocycles. The van der Waals surface area contributed by atoms with Crippen LogP contribution in [0.4, 0.5) is 0 Å². The second kappa shape index (κ2) is 7.68. The smallest absolute Gasteiger partial charge is 0.104 e. The Kier molecular flexibility index (Phi) is 5.37. The third-order valence-electron chi connectivity index (χ3n) is 4.51. The van der Waals surface area contributed by atoms with Gasteiger partial charge < -0.3 is 0 Å². The molecule has 0 heterocycles. The summed E-state index contributed by atoms with van der Waals surface area (Å²) in [4.78, 5) is -0.661. The fraction of sp³-hybridized carbons (Fsp3) is 0.217. The maximum Gasteiger partial charge on any atom is 0.119 e. The molecule has 0 bridgehead atoms. The van der Waals surface area contributed by atoms with E-state index in [1.807, 2.05) is 36.4 Å². The lowest BCUT2D eigenvalue weighted by Gasteiger charge is -2.29. The van der Waals surface area contributed by atoms with E-state index in [0.29, 0.717) is 0 Å². The molecule has 0 radical (unpaired) electrons. The third-order valence-corrected chi connectivity index (χ3v) is 5.17. The van der Waals surface area contributed by atoms with Crippen molar-refractivity contribution in [2.24, 2.45) is 0 Å². The Balaban J connectivity index is 2.06. The highest BCUT2D eigenvalue weighted by molar-refractivity contribution is 6.28. The zero-order valence-corrected chi connectivity index (χ0v) is 14.8. The van der Waals surface area contributed by atoms with E-state index in [0.717, 1.165) is 23.1 Å². The number of halogens is 1. The van der Waals surface area contributed by atoms with E-state index in [2.05, 4.69) is 55.5 Å². The minimum Gasteiger partial charge on any atom is -0.104 e. The van der Waals surface area contributed by atoms with Crippen LogP contribution in [0.25, 0.3) is 0 Å². The number of unbranched alkanes of at least 4 members (excludes halogenated alkanes) is 1. The van der Waals surface area contributed by atoms with Crippen molar-refractivity contribution in [2.45, 2.75) is 31.1 Å². The van der Waals surface area contributed by atoms with Crippen LogP contribution >= 0.6 is 11.6 Å². The Bertz CT molecular complexity index is 706. The van der Waals surface area contributed by atoms with Gasteiger partial charge in [0.15, 0.2) is 0 Å². The van der Waals surface area contributed by atoms with Gasteiger partial charge in [-0.15, -0.1) is 11.6 Å². The second-order valence-corrected chi connectivity index (χ2v) is 6.76. The maximum absolute atomic E-state index is 7.27. The van der Waals surface area contributed by atoms with Gasteiger partial charge in [-0.25, -0.2) is 0 Å². The first-order chi connectivity index (χ1) is 11.7. The van der Waals surface area contributed by atoms with Crippen molar-refractivity contribution in [3.8, 4) is 0 Å². The lowest BCUT2D eigenvalue weighted by molar-refractivity contribution is 0.793. The fourth-order valence-corrected chi connectivity index (χ4v) is 3.50. The fourth-order valence-electron chi connectivity index (χ4n) is 3.12. The summed E-state index contributed by atoms with van der Waals surface area (Å²) in [5, 5.41) is 0. The zero-order chi connectivity index (χ0) is 16.8. The summed E-state index contributed by atoms with van der Waals surface area (Å²) in [6, 6.07) is 29.4. The molecule has 3 rings (SSSR count). The number of aryl methyl sites for hydroxylation is 1. The number of rotatable bonds is 6. The normalized spacial score (nSPS) is 11.4. The molecule has 0 saturated heterocycles. The van der Waals surface area contributed by atoms with Crippen molar-refractivity contribution >= 4 is 11.6 Å². The highest BCUT2D eigenvalue weighted by atomic mass is 35.5. The zero-order valence-electron chi connectivity index (χ0n) is 14.1. The van der Waals surface area contributed by atoms with Crippen LogP contribution in [0.15, 0.2) is 84.9 Å². The van der Waals surface area contributed by atoms with Crippen LogP contribution in [0.5, 0.6) is 0 Å². The maximum atomic E-state index is 7.27. The van der Waals surface area contributed by atoms with Gasteiger partial charge >= 0.3 is 0 Å². The molecular formula is C23H23Cl. The van der Waals surface area contributed by atoms with Crippen LogP contribution in [0, 0.1) is 0 Å². The predicted octanol–water partition coefficient (Wildman–Crippen LogP) is 6.56. The molecule has 24 heavy (non-hydrogen) atoms. The van der Waals surface area contributed by atoms with Crippen LogP contribution < -0.4 is 0 Å². The van der Waals surface area contributed by atoms with Gasteiger partial charge in [0.25, 0.3) is 0 Å². The van der Waals surface area contributed by atoms with E-state index >= 15 is 0 Å². The Morgan fingerprint density at radius 3 is 1.58 bits per heavy atom. The number of benzene rings is 3.